The van der Waals surface area contributed by atoms with Crippen LogP contribution in [-0.4, -0.2) is 21.8 Å². The van der Waals surface area contributed by atoms with Crippen molar-refractivity contribution in [2.45, 2.75) is 34.3 Å². The number of esters is 1. The van der Waals surface area contributed by atoms with Crippen LogP contribution < -0.4 is 4.90 Å². The lowest BCUT2D eigenvalue weighted by Gasteiger charge is -2.21. The Morgan fingerprint density at radius 3 is 2.45 bits per heavy atom. The third-order valence-corrected chi connectivity index (χ3v) is 6.99. The maximum absolute atomic E-state index is 12.5. The Kier molecular flexibility index (Phi) is 6.67. The largest absolute Gasteiger partial charge is 0.454 e. The van der Waals surface area contributed by atoms with Crippen LogP contribution in [0.2, 0.25) is 0 Å². The number of benzene rings is 2. The lowest BCUT2D eigenvalue weighted by atomic mass is 10.1. The number of carbonyl (C=O) groups is 2. The number of carbonyl (C=O) groups excluding carboxylic acids is 2. The summed E-state index contributed by atoms with van der Waals surface area (Å²) in [5.74, 6) is -0.634. The molecule has 0 atom stereocenters. The molecule has 2 aromatic heterocycles. The summed E-state index contributed by atoms with van der Waals surface area (Å²) in [6, 6.07) is 13.8. The number of thiazole rings is 2. The Morgan fingerprint density at radius 2 is 1.73 bits per heavy atom. The smallest absolute Gasteiger partial charge is 0.358 e. The number of anilines is 2. The minimum Gasteiger partial charge on any atom is -0.454 e. The SMILES string of the molecule is CC(=O)N(c1nc(COC(=O)c2csc(-c3ccc(C)cc3)n2)cs1)c1cccc(C)c1C. The number of rotatable bonds is 6. The molecule has 0 aliphatic heterocycles. The van der Waals surface area contributed by atoms with Crippen molar-refractivity contribution in [1.82, 2.24) is 9.97 Å². The molecule has 2 aromatic carbocycles. The number of hydrogen-bond acceptors (Lipinski definition) is 7. The molecule has 0 N–H and O–H groups in total. The van der Waals surface area contributed by atoms with E-state index in [0.717, 1.165) is 27.4 Å². The van der Waals surface area contributed by atoms with E-state index in [1.165, 1.54) is 35.2 Å². The van der Waals surface area contributed by atoms with E-state index in [2.05, 4.69) is 9.97 Å². The van der Waals surface area contributed by atoms with E-state index in [4.69, 9.17) is 4.74 Å². The Labute approximate surface area is 200 Å². The molecule has 1 amide bonds. The Morgan fingerprint density at radius 1 is 0.970 bits per heavy atom. The molecular weight excluding hydrogens is 454 g/mol. The highest BCUT2D eigenvalue weighted by atomic mass is 32.1. The summed E-state index contributed by atoms with van der Waals surface area (Å²) in [5, 5.41) is 4.80. The quantitative estimate of drug-likeness (QED) is 0.308. The van der Waals surface area contributed by atoms with Crippen LogP contribution >= 0.6 is 22.7 Å². The highest BCUT2D eigenvalue weighted by Gasteiger charge is 2.21. The summed E-state index contributed by atoms with van der Waals surface area (Å²) < 4.78 is 5.43. The molecule has 0 saturated carbocycles. The topological polar surface area (TPSA) is 72.4 Å². The van der Waals surface area contributed by atoms with Crippen LogP contribution in [0.4, 0.5) is 10.8 Å². The number of hydrogen-bond donors (Lipinski definition) is 0. The molecule has 0 aliphatic carbocycles. The molecule has 0 spiro atoms. The van der Waals surface area contributed by atoms with Crippen molar-refractivity contribution >= 4 is 45.4 Å². The average molecular weight is 478 g/mol. The van der Waals surface area contributed by atoms with Gasteiger partial charge in [-0.25, -0.2) is 14.8 Å². The minimum atomic E-state index is -0.503. The zero-order valence-corrected chi connectivity index (χ0v) is 20.4. The maximum Gasteiger partial charge on any atom is 0.358 e. The molecule has 4 rings (SSSR count). The normalized spacial score (nSPS) is 10.8. The first-order valence-corrected chi connectivity index (χ1v) is 12.1. The molecule has 168 valence electrons. The van der Waals surface area contributed by atoms with Gasteiger partial charge >= 0.3 is 5.97 Å². The molecule has 0 radical (unpaired) electrons. The molecule has 0 bridgehead atoms. The van der Waals surface area contributed by atoms with Crippen LogP contribution in [0.5, 0.6) is 0 Å². The average Bonchev–Trinajstić information content (AvgIpc) is 3.46. The number of nitrogens with zero attached hydrogens (tertiary/aromatic N) is 3. The predicted octanol–water partition coefficient (Wildman–Crippen LogP) is 6.23. The fourth-order valence-electron chi connectivity index (χ4n) is 3.26. The van der Waals surface area contributed by atoms with Crippen LogP contribution in [0.1, 0.15) is 39.8 Å². The van der Waals surface area contributed by atoms with Crippen molar-refractivity contribution in [2.75, 3.05) is 4.90 Å². The van der Waals surface area contributed by atoms with Crippen molar-refractivity contribution in [3.05, 3.63) is 81.3 Å². The fraction of sp³-hybridized carbons (Fsp3) is 0.200. The van der Waals surface area contributed by atoms with Gasteiger partial charge in [0, 0.05) is 23.2 Å². The standard InChI is InChI=1S/C25H23N3O3S2/c1-15-8-10-19(11-9-15)23-27-21(14-32-23)24(30)31-12-20-13-33-25(26-20)28(18(4)29)22-7-5-6-16(2)17(22)3/h5-11,13-14H,12H2,1-4H3. The summed E-state index contributed by atoms with van der Waals surface area (Å²) >= 11 is 2.73. The van der Waals surface area contributed by atoms with Crippen LogP contribution in [0.3, 0.4) is 0 Å². The van der Waals surface area contributed by atoms with Crippen LogP contribution in [-0.2, 0) is 16.1 Å². The summed E-state index contributed by atoms with van der Waals surface area (Å²) in [4.78, 5) is 35.4. The molecule has 8 heteroatoms. The van der Waals surface area contributed by atoms with E-state index >= 15 is 0 Å². The maximum atomic E-state index is 12.5. The van der Waals surface area contributed by atoms with Gasteiger partial charge < -0.3 is 4.74 Å². The third-order valence-electron chi connectivity index (χ3n) is 5.23. The van der Waals surface area contributed by atoms with Gasteiger partial charge in [0.25, 0.3) is 0 Å². The van der Waals surface area contributed by atoms with Gasteiger partial charge in [0.2, 0.25) is 5.91 Å². The van der Waals surface area contributed by atoms with Gasteiger partial charge in [-0.2, -0.15) is 0 Å². The highest BCUT2D eigenvalue weighted by Crippen LogP contribution is 2.32. The van der Waals surface area contributed by atoms with Crippen molar-refractivity contribution < 1.29 is 14.3 Å². The second-order valence-corrected chi connectivity index (χ2v) is 9.37. The monoisotopic (exact) mass is 477 g/mol. The van der Waals surface area contributed by atoms with Crippen LogP contribution in [0.25, 0.3) is 10.6 Å². The van der Waals surface area contributed by atoms with E-state index < -0.39 is 5.97 Å². The number of ether oxygens (including phenoxy) is 1. The highest BCUT2D eigenvalue weighted by molar-refractivity contribution is 7.14. The lowest BCUT2D eigenvalue weighted by molar-refractivity contribution is -0.115. The van der Waals surface area contributed by atoms with Crippen molar-refractivity contribution in [3.63, 3.8) is 0 Å². The van der Waals surface area contributed by atoms with E-state index in [9.17, 15) is 9.59 Å². The van der Waals surface area contributed by atoms with Gasteiger partial charge in [-0.3, -0.25) is 9.69 Å². The molecule has 0 aliphatic rings. The Balaban J connectivity index is 1.45. The van der Waals surface area contributed by atoms with Gasteiger partial charge in [0.15, 0.2) is 10.8 Å². The van der Waals surface area contributed by atoms with E-state index in [1.807, 2.05) is 63.2 Å². The van der Waals surface area contributed by atoms with Gasteiger partial charge in [0.1, 0.15) is 11.6 Å². The summed E-state index contributed by atoms with van der Waals surface area (Å²) in [7, 11) is 0. The van der Waals surface area contributed by atoms with Crippen LogP contribution in [0.15, 0.2) is 53.2 Å². The van der Waals surface area contributed by atoms with E-state index in [-0.39, 0.29) is 18.2 Å². The first-order chi connectivity index (χ1) is 15.8. The first-order valence-electron chi connectivity index (χ1n) is 10.3. The number of aromatic nitrogens is 2. The zero-order valence-electron chi connectivity index (χ0n) is 18.8. The predicted molar refractivity (Wildman–Crippen MR) is 132 cm³/mol. The van der Waals surface area contributed by atoms with Gasteiger partial charge in [0.05, 0.1) is 11.4 Å². The lowest BCUT2D eigenvalue weighted by Crippen LogP contribution is -2.23. The van der Waals surface area contributed by atoms with Crippen molar-refractivity contribution in [2.24, 2.45) is 0 Å². The minimum absolute atomic E-state index is 0.00523. The Bertz CT molecular complexity index is 1310. The van der Waals surface area contributed by atoms with Gasteiger partial charge in [-0.1, -0.05) is 42.0 Å². The second-order valence-electron chi connectivity index (χ2n) is 7.67. The summed E-state index contributed by atoms with van der Waals surface area (Å²) in [6.45, 7) is 7.53. The second kappa shape index (κ2) is 9.64. The van der Waals surface area contributed by atoms with Crippen LogP contribution in [0, 0.1) is 20.8 Å². The molecule has 6 nitrogen and oxygen atoms in total. The van der Waals surface area contributed by atoms with Gasteiger partial charge in [-0.15, -0.1) is 22.7 Å². The van der Waals surface area contributed by atoms with Crippen molar-refractivity contribution in [3.8, 4) is 10.6 Å². The number of amides is 1. The van der Waals surface area contributed by atoms with Gasteiger partial charge in [-0.05, 0) is 38.0 Å². The molecule has 2 heterocycles. The summed E-state index contributed by atoms with van der Waals surface area (Å²) in [5.41, 5.74) is 5.89. The number of aryl methyl sites for hydroxylation is 2. The molecule has 0 fully saturated rings. The molecular formula is C25H23N3O3S2. The third kappa shape index (κ3) is 5.02. The fourth-order valence-corrected chi connectivity index (χ4v) is 4.92. The Hall–Kier alpha value is -3.36. The molecule has 0 unspecified atom stereocenters. The molecule has 33 heavy (non-hydrogen) atoms. The van der Waals surface area contributed by atoms with E-state index in [1.54, 1.807) is 15.7 Å². The molecule has 4 aromatic rings. The summed E-state index contributed by atoms with van der Waals surface area (Å²) in [6.07, 6.45) is 0. The zero-order chi connectivity index (χ0) is 23.5. The first kappa shape index (κ1) is 22.8. The van der Waals surface area contributed by atoms with Crippen molar-refractivity contribution in [1.29, 1.82) is 0 Å². The van der Waals surface area contributed by atoms with E-state index in [0.29, 0.717) is 10.8 Å². The molecule has 0 saturated heterocycles.